The van der Waals surface area contributed by atoms with Gasteiger partial charge < -0.3 is 20.7 Å². The molecule has 1 heterocycles. The summed E-state index contributed by atoms with van der Waals surface area (Å²) < 4.78 is 46.5. The summed E-state index contributed by atoms with van der Waals surface area (Å²) in [5, 5.41) is 2.63. The lowest BCUT2D eigenvalue weighted by atomic mass is 9.86. The van der Waals surface area contributed by atoms with Crippen LogP contribution < -0.4 is 16.0 Å². The number of nitrogens with one attached hydrogen (secondary N) is 1. The second-order valence-corrected chi connectivity index (χ2v) is 9.89. The van der Waals surface area contributed by atoms with Crippen LogP contribution in [0, 0.1) is 5.41 Å². The molecule has 0 unspecified atom stereocenters. The second kappa shape index (κ2) is 9.99. The molecule has 184 valence electrons. The number of carbonyl (C=O) groups is 2. The van der Waals surface area contributed by atoms with Crippen molar-refractivity contribution in [3.05, 3.63) is 23.8 Å². The van der Waals surface area contributed by atoms with E-state index in [1.165, 1.54) is 12.1 Å². The van der Waals surface area contributed by atoms with E-state index in [0.717, 1.165) is 30.2 Å². The molecule has 0 aromatic heterocycles. The number of halogens is 3. The number of alkyl halides is 3. The molecule has 3 rings (SSSR count). The third-order valence-corrected chi connectivity index (χ3v) is 5.97. The van der Waals surface area contributed by atoms with Crippen LogP contribution in [-0.4, -0.2) is 61.6 Å². The summed E-state index contributed by atoms with van der Waals surface area (Å²) in [5.74, 6) is -0.970. The summed E-state index contributed by atoms with van der Waals surface area (Å²) >= 11 is 0. The third-order valence-electron chi connectivity index (χ3n) is 5.97. The molecule has 1 aromatic carbocycles. The van der Waals surface area contributed by atoms with Gasteiger partial charge in [-0.3, -0.25) is 14.5 Å². The Balaban J connectivity index is 1.85. The molecule has 7 nitrogen and oxygen atoms in total. The smallest absolute Gasteiger partial charge is 0.370 e. The summed E-state index contributed by atoms with van der Waals surface area (Å²) in [7, 11) is 0. The molecule has 2 amide bonds. The quantitative estimate of drug-likeness (QED) is 0.639. The number of amides is 2. The van der Waals surface area contributed by atoms with Crippen LogP contribution in [0.3, 0.4) is 0 Å². The van der Waals surface area contributed by atoms with Gasteiger partial charge in [-0.15, -0.1) is 0 Å². The van der Waals surface area contributed by atoms with E-state index in [2.05, 4.69) is 31.0 Å². The first-order valence-corrected chi connectivity index (χ1v) is 11.3. The van der Waals surface area contributed by atoms with Gasteiger partial charge in [-0.05, 0) is 36.5 Å². The van der Waals surface area contributed by atoms with Gasteiger partial charge in [0.25, 0.3) is 5.91 Å². The van der Waals surface area contributed by atoms with Crippen molar-refractivity contribution in [1.82, 2.24) is 4.90 Å². The maximum Gasteiger partial charge on any atom is 0.418 e. The van der Waals surface area contributed by atoms with Gasteiger partial charge in [0.15, 0.2) is 0 Å². The first kappa shape index (κ1) is 25.5. The number of ether oxygens (including phenoxy) is 1. The van der Waals surface area contributed by atoms with Crippen molar-refractivity contribution < 1.29 is 27.5 Å². The molecule has 2 fully saturated rings. The van der Waals surface area contributed by atoms with Gasteiger partial charge in [0, 0.05) is 31.4 Å². The Labute approximate surface area is 192 Å². The zero-order valence-electron chi connectivity index (χ0n) is 19.4. The average Bonchev–Trinajstić information content (AvgIpc) is 2.66. The number of benzene rings is 1. The SMILES string of the molecule is CC(C)(C)CN(C1CCC1)[C@@H](CN)C(=O)Nc1ccc(N2CCOCC2=O)c(C(F)(F)F)c1. The Morgan fingerprint density at radius 2 is 2.00 bits per heavy atom. The molecule has 0 spiro atoms. The Morgan fingerprint density at radius 1 is 1.30 bits per heavy atom. The number of hydrogen-bond acceptors (Lipinski definition) is 5. The van der Waals surface area contributed by atoms with E-state index in [0.29, 0.717) is 6.54 Å². The predicted molar refractivity (Wildman–Crippen MR) is 120 cm³/mol. The van der Waals surface area contributed by atoms with Crippen LogP contribution in [0.15, 0.2) is 18.2 Å². The Morgan fingerprint density at radius 3 is 2.52 bits per heavy atom. The molecule has 1 saturated carbocycles. The summed E-state index contributed by atoms with van der Waals surface area (Å²) in [5.41, 5.74) is 4.68. The average molecular weight is 471 g/mol. The molecule has 1 aliphatic carbocycles. The van der Waals surface area contributed by atoms with Crippen molar-refractivity contribution in [2.45, 2.75) is 58.3 Å². The topological polar surface area (TPSA) is 87.9 Å². The number of hydrogen-bond donors (Lipinski definition) is 2. The molecule has 2 aliphatic rings. The van der Waals surface area contributed by atoms with Crippen molar-refractivity contribution in [3.63, 3.8) is 0 Å². The van der Waals surface area contributed by atoms with Crippen LogP contribution >= 0.6 is 0 Å². The standard InChI is InChI=1S/C23H33F3N4O3/c1-22(2,3)14-30(16-5-4-6-16)19(12-27)21(32)28-15-7-8-18(17(11-15)23(24,25)26)29-9-10-33-13-20(29)31/h7-8,11,16,19H,4-6,9-10,12-14,27H2,1-3H3,(H,28,32)/t19-/m0/s1. The van der Waals surface area contributed by atoms with Crippen molar-refractivity contribution in [3.8, 4) is 0 Å². The van der Waals surface area contributed by atoms with Crippen molar-refractivity contribution >= 4 is 23.2 Å². The highest BCUT2D eigenvalue weighted by atomic mass is 19.4. The zero-order valence-corrected chi connectivity index (χ0v) is 19.4. The van der Waals surface area contributed by atoms with Crippen LogP contribution in [-0.2, 0) is 20.5 Å². The van der Waals surface area contributed by atoms with Crippen LogP contribution in [0.1, 0.15) is 45.6 Å². The molecule has 3 N–H and O–H groups in total. The minimum Gasteiger partial charge on any atom is -0.370 e. The first-order valence-electron chi connectivity index (χ1n) is 11.3. The van der Waals surface area contributed by atoms with Crippen molar-refractivity contribution in [1.29, 1.82) is 0 Å². The van der Waals surface area contributed by atoms with E-state index >= 15 is 0 Å². The fourth-order valence-electron chi connectivity index (χ4n) is 4.23. The molecular weight excluding hydrogens is 437 g/mol. The number of morpholine rings is 1. The number of carbonyl (C=O) groups excluding carboxylic acids is 2. The largest absolute Gasteiger partial charge is 0.418 e. The highest BCUT2D eigenvalue weighted by Crippen LogP contribution is 2.39. The molecule has 1 atom stereocenters. The number of rotatable bonds is 7. The maximum atomic E-state index is 13.8. The predicted octanol–water partition coefficient (Wildman–Crippen LogP) is 3.24. The zero-order chi connectivity index (χ0) is 24.4. The van der Waals surface area contributed by atoms with E-state index in [9.17, 15) is 22.8 Å². The fraction of sp³-hybridized carbons (Fsp3) is 0.652. The Hall–Kier alpha value is -2.17. The lowest BCUT2D eigenvalue weighted by Crippen LogP contribution is -2.57. The van der Waals surface area contributed by atoms with Crippen molar-refractivity contribution in [2.75, 3.05) is 43.1 Å². The van der Waals surface area contributed by atoms with Crippen LogP contribution in [0.5, 0.6) is 0 Å². The minimum atomic E-state index is -4.70. The third kappa shape index (κ3) is 6.24. The van der Waals surface area contributed by atoms with Crippen LogP contribution in [0.2, 0.25) is 0 Å². The molecule has 0 bridgehead atoms. The number of nitrogens with zero attached hydrogens (tertiary/aromatic N) is 2. The van der Waals surface area contributed by atoms with Gasteiger partial charge in [0.1, 0.15) is 12.6 Å². The van der Waals surface area contributed by atoms with Gasteiger partial charge in [-0.2, -0.15) is 13.2 Å². The molecule has 10 heteroatoms. The number of anilines is 2. The van der Waals surface area contributed by atoms with Crippen molar-refractivity contribution in [2.24, 2.45) is 11.1 Å². The van der Waals surface area contributed by atoms with Gasteiger partial charge in [-0.1, -0.05) is 27.2 Å². The normalized spacial score (nSPS) is 18.9. The van der Waals surface area contributed by atoms with Gasteiger partial charge in [0.05, 0.1) is 17.9 Å². The summed E-state index contributed by atoms with van der Waals surface area (Å²) in [6.45, 7) is 6.86. The van der Waals surface area contributed by atoms with Gasteiger partial charge in [0.2, 0.25) is 5.91 Å². The fourth-order valence-corrected chi connectivity index (χ4v) is 4.23. The molecule has 33 heavy (non-hydrogen) atoms. The van der Waals surface area contributed by atoms with E-state index in [1.54, 1.807) is 0 Å². The lowest BCUT2D eigenvalue weighted by molar-refractivity contribution is -0.137. The van der Waals surface area contributed by atoms with Crippen LogP contribution in [0.4, 0.5) is 24.5 Å². The molecule has 0 radical (unpaired) electrons. The Kier molecular flexibility index (Phi) is 7.70. The molecule has 1 aromatic rings. The second-order valence-electron chi connectivity index (χ2n) is 9.89. The summed E-state index contributed by atoms with van der Waals surface area (Å²) in [6, 6.07) is 3.07. The maximum absolute atomic E-state index is 13.8. The molecular formula is C23H33F3N4O3. The van der Waals surface area contributed by atoms with E-state index < -0.39 is 29.6 Å². The molecule has 1 aliphatic heterocycles. The van der Waals surface area contributed by atoms with E-state index in [-0.39, 0.29) is 49.1 Å². The van der Waals surface area contributed by atoms with E-state index in [4.69, 9.17) is 10.5 Å². The monoisotopic (exact) mass is 470 g/mol. The first-order chi connectivity index (χ1) is 15.4. The highest BCUT2D eigenvalue weighted by molar-refractivity contribution is 5.98. The number of nitrogens with two attached hydrogens (primary N) is 1. The van der Waals surface area contributed by atoms with E-state index in [1.807, 2.05) is 0 Å². The van der Waals surface area contributed by atoms with Gasteiger partial charge in [-0.25, -0.2) is 0 Å². The molecule has 1 saturated heterocycles. The summed E-state index contributed by atoms with van der Waals surface area (Å²) in [6.07, 6.45) is -1.67. The highest BCUT2D eigenvalue weighted by Gasteiger charge is 2.38. The van der Waals surface area contributed by atoms with Gasteiger partial charge >= 0.3 is 6.18 Å². The Bertz CT molecular complexity index is 865. The lowest BCUT2D eigenvalue weighted by Gasteiger charge is -2.44. The van der Waals surface area contributed by atoms with Crippen LogP contribution in [0.25, 0.3) is 0 Å². The minimum absolute atomic E-state index is 0.0135. The summed E-state index contributed by atoms with van der Waals surface area (Å²) in [4.78, 5) is 28.4.